The average molecular weight is 523 g/mol. The van der Waals surface area contributed by atoms with E-state index in [1.807, 2.05) is 30.5 Å². The van der Waals surface area contributed by atoms with Gasteiger partial charge < -0.3 is 14.7 Å². The third-order valence-electron chi connectivity index (χ3n) is 7.84. The Hall–Kier alpha value is -2.63. The van der Waals surface area contributed by atoms with Crippen LogP contribution in [0.5, 0.6) is 5.75 Å². The lowest BCUT2D eigenvalue weighted by atomic mass is 9.79. The van der Waals surface area contributed by atoms with Crippen molar-refractivity contribution < 1.29 is 14.6 Å². The Kier molecular flexibility index (Phi) is 10.2. The van der Waals surface area contributed by atoms with Gasteiger partial charge in [0.25, 0.3) is 0 Å². The van der Waals surface area contributed by atoms with E-state index in [-0.39, 0.29) is 6.42 Å². The van der Waals surface area contributed by atoms with Crippen LogP contribution >= 0.6 is 11.6 Å². The van der Waals surface area contributed by atoms with Crippen LogP contribution in [0.3, 0.4) is 0 Å². The number of hydrogen-bond acceptors (Lipinski definition) is 4. The fraction of sp³-hybridized carbons (Fsp3) is 0.484. The first-order valence-electron chi connectivity index (χ1n) is 13.6. The van der Waals surface area contributed by atoms with Crippen molar-refractivity contribution in [1.29, 1.82) is 0 Å². The lowest BCUT2D eigenvalue weighted by Gasteiger charge is -2.39. The monoisotopic (exact) mass is 522 g/mol. The number of nitrogens with zero attached hydrogens (tertiary/aromatic N) is 2. The molecule has 0 radical (unpaired) electrons. The van der Waals surface area contributed by atoms with E-state index in [1.165, 1.54) is 11.1 Å². The summed E-state index contributed by atoms with van der Waals surface area (Å²) in [5, 5.41) is 11.3. The summed E-state index contributed by atoms with van der Waals surface area (Å²) in [4.78, 5) is 18.4. The van der Waals surface area contributed by atoms with Crippen molar-refractivity contribution in [2.75, 3.05) is 26.7 Å². The number of aromatic nitrogens is 1. The number of rotatable bonds is 13. The molecule has 4 rings (SSSR count). The molecule has 2 atom stereocenters. The van der Waals surface area contributed by atoms with Crippen LogP contribution in [0.15, 0.2) is 54.7 Å². The number of benzene rings is 2. The van der Waals surface area contributed by atoms with Gasteiger partial charge in [-0.25, -0.2) is 0 Å². The summed E-state index contributed by atoms with van der Waals surface area (Å²) in [5.41, 5.74) is 3.61. The first kappa shape index (κ1) is 27.4. The topological polar surface area (TPSA) is 62.7 Å². The number of carbonyl (C=O) groups is 1. The first-order chi connectivity index (χ1) is 18.0. The molecule has 0 bridgehead atoms. The Morgan fingerprint density at radius 1 is 1.08 bits per heavy atom. The Bertz CT molecular complexity index is 1170. The molecule has 3 aromatic rings. The second-order valence-corrected chi connectivity index (χ2v) is 10.8. The van der Waals surface area contributed by atoms with Gasteiger partial charge in [-0.3, -0.25) is 9.78 Å². The lowest BCUT2D eigenvalue weighted by Crippen LogP contribution is -2.41. The standard InChI is InChI=1S/C31H39ClN2O3/c1-37-28-12-13-30-29(21-28)25(15-17-33-30)9-5-8-24-16-19-34(22-26(24)11-14-31(35)36)18-3-2-6-23-7-4-10-27(32)20-23/h4,7,10,12-13,15,17,20-21,24,26H,2-3,5-6,8-9,11,14,16,18-19,22H2,1H3,(H,35,36). The van der Waals surface area contributed by atoms with Gasteiger partial charge in [0.2, 0.25) is 0 Å². The summed E-state index contributed by atoms with van der Waals surface area (Å²) in [7, 11) is 1.69. The van der Waals surface area contributed by atoms with Crippen molar-refractivity contribution in [3.05, 3.63) is 70.9 Å². The van der Waals surface area contributed by atoms with E-state index < -0.39 is 5.97 Å². The number of pyridine rings is 1. The molecule has 2 aromatic carbocycles. The number of methoxy groups -OCH3 is 1. The zero-order valence-corrected chi connectivity index (χ0v) is 22.6. The van der Waals surface area contributed by atoms with E-state index >= 15 is 0 Å². The predicted molar refractivity (Wildman–Crippen MR) is 151 cm³/mol. The Labute approximate surface area is 225 Å². The molecule has 0 amide bonds. The minimum Gasteiger partial charge on any atom is -0.497 e. The number of carboxylic acids is 1. The van der Waals surface area contributed by atoms with Gasteiger partial charge in [-0.05, 0) is 124 Å². The van der Waals surface area contributed by atoms with Crippen molar-refractivity contribution in [2.45, 2.75) is 57.8 Å². The number of unbranched alkanes of at least 4 members (excludes halogenated alkanes) is 1. The highest BCUT2D eigenvalue weighted by Crippen LogP contribution is 2.32. The predicted octanol–water partition coefficient (Wildman–Crippen LogP) is 7.05. The largest absolute Gasteiger partial charge is 0.497 e. The highest BCUT2D eigenvalue weighted by molar-refractivity contribution is 6.30. The van der Waals surface area contributed by atoms with Crippen LogP contribution < -0.4 is 4.74 Å². The van der Waals surface area contributed by atoms with Gasteiger partial charge in [-0.15, -0.1) is 0 Å². The number of hydrogen-bond donors (Lipinski definition) is 1. The van der Waals surface area contributed by atoms with Gasteiger partial charge in [0.05, 0.1) is 12.6 Å². The summed E-state index contributed by atoms with van der Waals surface area (Å²) in [5.74, 6) is 1.21. The van der Waals surface area contributed by atoms with Crippen LogP contribution in [0.4, 0.5) is 0 Å². The first-order valence-corrected chi connectivity index (χ1v) is 14.0. The summed E-state index contributed by atoms with van der Waals surface area (Å²) in [6, 6.07) is 16.3. The van der Waals surface area contributed by atoms with Gasteiger partial charge in [0, 0.05) is 29.6 Å². The summed E-state index contributed by atoms with van der Waals surface area (Å²) in [6.07, 6.45) is 10.7. The maximum absolute atomic E-state index is 11.3. The second kappa shape index (κ2) is 13.8. The van der Waals surface area contributed by atoms with E-state index in [4.69, 9.17) is 16.3 Å². The van der Waals surface area contributed by atoms with Crippen LogP contribution in [0, 0.1) is 11.8 Å². The molecule has 1 aromatic heterocycles. The summed E-state index contributed by atoms with van der Waals surface area (Å²) >= 11 is 6.11. The smallest absolute Gasteiger partial charge is 0.303 e. The zero-order valence-electron chi connectivity index (χ0n) is 21.9. The number of fused-ring (bicyclic) bond motifs is 1. The van der Waals surface area contributed by atoms with Crippen molar-refractivity contribution in [2.24, 2.45) is 11.8 Å². The molecule has 5 nitrogen and oxygen atoms in total. The highest BCUT2D eigenvalue weighted by atomic mass is 35.5. The number of likely N-dealkylation sites (tertiary alicyclic amines) is 1. The molecule has 1 aliphatic rings. The van der Waals surface area contributed by atoms with Crippen molar-refractivity contribution >= 4 is 28.5 Å². The molecule has 37 heavy (non-hydrogen) atoms. The lowest BCUT2D eigenvalue weighted by molar-refractivity contribution is -0.137. The normalized spacial score (nSPS) is 18.2. The van der Waals surface area contributed by atoms with Crippen LogP contribution in [-0.2, 0) is 17.6 Å². The maximum atomic E-state index is 11.3. The van der Waals surface area contributed by atoms with Gasteiger partial charge in [0.15, 0.2) is 0 Å². The quantitative estimate of drug-likeness (QED) is 0.244. The summed E-state index contributed by atoms with van der Waals surface area (Å²) < 4.78 is 5.42. The molecule has 1 fully saturated rings. The Morgan fingerprint density at radius 3 is 2.78 bits per heavy atom. The number of aryl methyl sites for hydroxylation is 2. The molecule has 0 saturated carbocycles. The molecule has 2 unspecified atom stereocenters. The molecule has 1 aliphatic heterocycles. The molecule has 0 spiro atoms. The number of ether oxygens (including phenoxy) is 1. The maximum Gasteiger partial charge on any atom is 0.303 e. The fourth-order valence-corrected chi connectivity index (χ4v) is 6.03. The van der Waals surface area contributed by atoms with E-state index in [1.54, 1.807) is 7.11 Å². The van der Waals surface area contributed by atoms with Gasteiger partial charge >= 0.3 is 5.97 Å². The molecule has 1 saturated heterocycles. The molecular weight excluding hydrogens is 484 g/mol. The molecule has 2 heterocycles. The number of halogens is 1. The van der Waals surface area contributed by atoms with E-state index in [0.717, 1.165) is 92.7 Å². The number of carboxylic acid groups (broad SMARTS) is 1. The third kappa shape index (κ3) is 8.18. The van der Waals surface area contributed by atoms with Gasteiger partial charge in [0.1, 0.15) is 5.75 Å². The Balaban J connectivity index is 1.28. The van der Waals surface area contributed by atoms with E-state index in [2.05, 4.69) is 34.1 Å². The van der Waals surface area contributed by atoms with Crippen LogP contribution in [0.25, 0.3) is 10.9 Å². The van der Waals surface area contributed by atoms with E-state index in [0.29, 0.717) is 11.8 Å². The fourth-order valence-electron chi connectivity index (χ4n) is 5.81. The molecule has 198 valence electrons. The molecule has 1 N–H and O–H groups in total. The molecule has 0 aliphatic carbocycles. The summed E-state index contributed by atoms with van der Waals surface area (Å²) in [6.45, 7) is 3.22. The van der Waals surface area contributed by atoms with Crippen molar-refractivity contribution in [1.82, 2.24) is 9.88 Å². The molecule has 6 heteroatoms. The van der Waals surface area contributed by atoms with Gasteiger partial charge in [-0.2, -0.15) is 0 Å². The van der Waals surface area contributed by atoms with Crippen LogP contribution in [-0.4, -0.2) is 47.7 Å². The van der Waals surface area contributed by atoms with E-state index in [9.17, 15) is 9.90 Å². The Morgan fingerprint density at radius 2 is 1.97 bits per heavy atom. The van der Waals surface area contributed by atoms with Crippen LogP contribution in [0.1, 0.15) is 56.1 Å². The minimum absolute atomic E-state index is 0.262. The van der Waals surface area contributed by atoms with Crippen molar-refractivity contribution in [3.63, 3.8) is 0 Å². The number of aliphatic carboxylic acids is 1. The third-order valence-corrected chi connectivity index (χ3v) is 8.08. The second-order valence-electron chi connectivity index (χ2n) is 10.4. The SMILES string of the molecule is COc1ccc2nccc(CCCC3CCN(CCCCc4cccc(Cl)c4)CC3CCC(=O)O)c2c1. The average Bonchev–Trinajstić information content (AvgIpc) is 2.90. The van der Waals surface area contributed by atoms with Crippen LogP contribution in [0.2, 0.25) is 5.02 Å². The highest BCUT2D eigenvalue weighted by Gasteiger charge is 2.29. The molecular formula is C31H39ClN2O3. The minimum atomic E-state index is -0.686. The van der Waals surface area contributed by atoms with Gasteiger partial charge in [-0.1, -0.05) is 23.7 Å². The van der Waals surface area contributed by atoms with Crippen molar-refractivity contribution in [3.8, 4) is 5.75 Å². The number of piperidine rings is 1. The zero-order chi connectivity index (χ0) is 26.0.